The van der Waals surface area contributed by atoms with E-state index in [1.807, 2.05) is 18.2 Å². The van der Waals surface area contributed by atoms with Gasteiger partial charge in [0.05, 0.1) is 16.3 Å². The van der Waals surface area contributed by atoms with Gasteiger partial charge in [-0.1, -0.05) is 30.3 Å². The molecule has 3 aromatic rings. The van der Waals surface area contributed by atoms with Crippen molar-refractivity contribution in [3.63, 3.8) is 0 Å². The summed E-state index contributed by atoms with van der Waals surface area (Å²) in [5, 5.41) is 4.15. The van der Waals surface area contributed by atoms with Gasteiger partial charge in [-0.25, -0.2) is 13.1 Å². The molecule has 1 N–H and O–H groups in total. The van der Waals surface area contributed by atoms with Crippen molar-refractivity contribution < 1.29 is 13.2 Å². The normalized spacial score (nSPS) is 11.7. The fraction of sp³-hybridized carbons (Fsp3) is 0.222. The molecule has 0 saturated carbocycles. The summed E-state index contributed by atoms with van der Waals surface area (Å²) in [6, 6.07) is 12.5. The Morgan fingerprint density at radius 2 is 1.85 bits per heavy atom. The van der Waals surface area contributed by atoms with Crippen molar-refractivity contribution in [3.05, 3.63) is 69.2 Å². The second kappa shape index (κ2) is 7.14. The summed E-state index contributed by atoms with van der Waals surface area (Å²) < 4.78 is 29.3. The summed E-state index contributed by atoms with van der Waals surface area (Å²) in [5.41, 5.74) is 1.66. The van der Waals surface area contributed by atoms with Gasteiger partial charge >= 0.3 is 0 Å². The quantitative estimate of drug-likeness (QED) is 0.658. The standard InChI is InChI=1S/C18H19N3O3S2/c1-12-18(13(2)21(3)20-12)26(23,24)19-11-15-9-10-16(25-15)17(22)14-7-5-4-6-8-14/h4-10,19H,11H2,1-3H3. The maximum atomic E-state index is 12.6. The van der Waals surface area contributed by atoms with Crippen LogP contribution in [0.5, 0.6) is 0 Å². The second-order valence-electron chi connectivity index (χ2n) is 5.91. The summed E-state index contributed by atoms with van der Waals surface area (Å²) in [4.78, 5) is 14.0. The van der Waals surface area contributed by atoms with E-state index >= 15 is 0 Å². The van der Waals surface area contributed by atoms with Gasteiger partial charge in [-0.3, -0.25) is 9.48 Å². The van der Waals surface area contributed by atoms with Gasteiger partial charge in [-0.2, -0.15) is 5.10 Å². The van der Waals surface area contributed by atoms with E-state index in [0.717, 1.165) is 4.88 Å². The number of sulfonamides is 1. The monoisotopic (exact) mass is 389 g/mol. The van der Waals surface area contributed by atoms with Crippen LogP contribution in [0.25, 0.3) is 0 Å². The Kier molecular flexibility index (Phi) is 5.08. The third kappa shape index (κ3) is 3.62. The van der Waals surface area contributed by atoms with E-state index in [0.29, 0.717) is 21.8 Å². The van der Waals surface area contributed by atoms with Crippen LogP contribution in [0.2, 0.25) is 0 Å². The summed E-state index contributed by atoms with van der Waals surface area (Å²) in [6.45, 7) is 3.52. The first-order valence-corrected chi connectivity index (χ1v) is 10.3. The van der Waals surface area contributed by atoms with Crippen LogP contribution < -0.4 is 4.72 Å². The van der Waals surface area contributed by atoms with E-state index in [2.05, 4.69) is 9.82 Å². The Labute approximate surface area is 156 Å². The number of carbonyl (C=O) groups is 1. The van der Waals surface area contributed by atoms with Crippen molar-refractivity contribution in [2.24, 2.45) is 7.05 Å². The van der Waals surface area contributed by atoms with Crippen LogP contribution in [0.4, 0.5) is 0 Å². The zero-order valence-electron chi connectivity index (χ0n) is 14.7. The van der Waals surface area contributed by atoms with E-state index in [4.69, 9.17) is 0 Å². The second-order valence-corrected chi connectivity index (χ2v) is 8.78. The fourth-order valence-corrected chi connectivity index (χ4v) is 5.15. The number of thiophene rings is 1. The van der Waals surface area contributed by atoms with Crippen LogP contribution in [-0.4, -0.2) is 24.0 Å². The summed E-state index contributed by atoms with van der Waals surface area (Å²) in [6.07, 6.45) is 0. The maximum absolute atomic E-state index is 12.6. The first-order chi connectivity index (χ1) is 12.3. The molecule has 8 heteroatoms. The molecule has 0 amide bonds. The molecule has 2 heterocycles. The molecule has 0 radical (unpaired) electrons. The molecular formula is C18H19N3O3S2. The molecule has 0 aliphatic rings. The number of aryl methyl sites for hydroxylation is 2. The van der Waals surface area contributed by atoms with E-state index in [1.165, 1.54) is 11.3 Å². The lowest BCUT2D eigenvalue weighted by Gasteiger charge is -2.06. The van der Waals surface area contributed by atoms with Gasteiger partial charge in [0.25, 0.3) is 0 Å². The number of hydrogen-bond donors (Lipinski definition) is 1. The Morgan fingerprint density at radius 1 is 1.15 bits per heavy atom. The SMILES string of the molecule is Cc1nn(C)c(C)c1S(=O)(=O)NCc1ccc(C(=O)c2ccccc2)s1. The highest BCUT2D eigenvalue weighted by molar-refractivity contribution is 7.89. The molecule has 0 aliphatic heterocycles. The van der Waals surface area contributed by atoms with Crippen LogP contribution in [-0.2, 0) is 23.6 Å². The van der Waals surface area contributed by atoms with Crippen molar-refractivity contribution in [2.75, 3.05) is 0 Å². The molecule has 0 spiro atoms. The molecule has 0 bridgehead atoms. The Morgan fingerprint density at radius 3 is 2.46 bits per heavy atom. The number of carbonyl (C=O) groups excluding carboxylic acids is 1. The molecule has 26 heavy (non-hydrogen) atoms. The summed E-state index contributed by atoms with van der Waals surface area (Å²) >= 11 is 1.29. The van der Waals surface area contributed by atoms with Crippen molar-refractivity contribution in [3.8, 4) is 0 Å². The number of nitrogens with one attached hydrogen (secondary N) is 1. The topological polar surface area (TPSA) is 81.1 Å². The maximum Gasteiger partial charge on any atom is 0.244 e. The van der Waals surface area contributed by atoms with Crippen LogP contribution in [0.15, 0.2) is 47.4 Å². The number of benzene rings is 1. The minimum atomic E-state index is -3.67. The lowest BCUT2D eigenvalue weighted by Crippen LogP contribution is -2.24. The van der Waals surface area contributed by atoms with Crippen molar-refractivity contribution >= 4 is 27.1 Å². The largest absolute Gasteiger partial charge is 0.288 e. The van der Waals surface area contributed by atoms with Crippen LogP contribution in [0.1, 0.15) is 31.5 Å². The smallest absolute Gasteiger partial charge is 0.244 e. The summed E-state index contributed by atoms with van der Waals surface area (Å²) in [7, 11) is -1.96. The third-order valence-electron chi connectivity index (χ3n) is 4.07. The number of hydrogen-bond acceptors (Lipinski definition) is 5. The highest BCUT2D eigenvalue weighted by Crippen LogP contribution is 2.22. The molecule has 0 unspecified atom stereocenters. The van der Waals surface area contributed by atoms with Gasteiger partial charge in [-0.05, 0) is 26.0 Å². The van der Waals surface area contributed by atoms with Crippen molar-refractivity contribution in [1.82, 2.24) is 14.5 Å². The van der Waals surface area contributed by atoms with E-state index in [1.54, 1.807) is 49.8 Å². The zero-order valence-corrected chi connectivity index (χ0v) is 16.3. The molecule has 136 valence electrons. The third-order valence-corrected chi connectivity index (χ3v) is 6.81. The van der Waals surface area contributed by atoms with Crippen molar-refractivity contribution in [1.29, 1.82) is 0 Å². The minimum Gasteiger partial charge on any atom is -0.288 e. The van der Waals surface area contributed by atoms with Crippen LogP contribution >= 0.6 is 11.3 Å². The lowest BCUT2D eigenvalue weighted by atomic mass is 10.1. The lowest BCUT2D eigenvalue weighted by molar-refractivity contribution is 0.104. The molecule has 6 nitrogen and oxygen atoms in total. The first kappa shape index (κ1) is 18.5. The molecule has 0 fully saturated rings. The van der Waals surface area contributed by atoms with Gasteiger partial charge in [0, 0.05) is 24.0 Å². The van der Waals surface area contributed by atoms with E-state index in [-0.39, 0.29) is 17.2 Å². The number of ketones is 1. The van der Waals surface area contributed by atoms with Gasteiger partial charge in [0.15, 0.2) is 0 Å². The molecular weight excluding hydrogens is 370 g/mol. The average Bonchev–Trinajstić information content (AvgIpc) is 3.18. The first-order valence-electron chi connectivity index (χ1n) is 7.98. The van der Waals surface area contributed by atoms with Gasteiger partial charge in [-0.15, -0.1) is 11.3 Å². The predicted molar refractivity (Wildman–Crippen MR) is 101 cm³/mol. The fourth-order valence-electron chi connectivity index (χ4n) is 2.71. The van der Waals surface area contributed by atoms with E-state index < -0.39 is 10.0 Å². The molecule has 0 saturated heterocycles. The number of nitrogens with zero attached hydrogens (tertiary/aromatic N) is 2. The van der Waals surface area contributed by atoms with Gasteiger partial charge in [0.1, 0.15) is 4.90 Å². The molecule has 2 aromatic heterocycles. The number of aromatic nitrogens is 2. The van der Waals surface area contributed by atoms with Crippen LogP contribution in [0.3, 0.4) is 0 Å². The van der Waals surface area contributed by atoms with E-state index in [9.17, 15) is 13.2 Å². The van der Waals surface area contributed by atoms with Gasteiger partial charge < -0.3 is 0 Å². The summed E-state index contributed by atoms with van der Waals surface area (Å²) in [5.74, 6) is -0.0661. The predicted octanol–water partition coefficient (Wildman–Crippen LogP) is 2.81. The number of rotatable bonds is 6. The van der Waals surface area contributed by atoms with Crippen LogP contribution in [0, 0.1) is 13.8 Å². The molecule has 0 aliphatic carbocycles. The Bertz CT molecular complexity index is 1050. The zero-order chi connectivity index (χ0) is 18.9. The molecule has 0 atom stereocenters. The van der Waals surface area contributed by atoms with Crippen molar-refractivity contribution in [2.45, 2.75) is 25.3 Å². The van der Waals surface area contributed by atoms with Gasteiger partial charge in [0.2, 0.25) is 15.8 Å². The molecule has 1 aromatic carbocycles. The average molecular weight is 390 g/mol. The minimum absolute atomic E-state index is 0.0661. The Balaban J connectivity index is 1.75. The Hall–Kier alpha value is -2.29. The highest BCUT2D eigenvalue weighted by atomic mass is 32.2. The highest BCUT2D eigenvalue weighted by Gasteiger charge is 2.23. The molecule has 3 rings (SSSR count).